The van der Waals surface area contributed by atoms with E-state index in [1.54, 1.807) is 18.3 Å². The van der Waals surface area contributed by atoms with Crippen LogP contribution in [0.15, 0.2) is 42.5 Å². The first-order valence-electron chi connectivity index (χ1n) is 6.95. The Hall–Kier alpha value is -1.78. The monoisotopic (exact) mass is 300 g/mol. The predicted octanol–water partition coefficient (Wildman–Crippen LogP) is 4.25. The highest BCUT2D eigenvalue weighted by molar-refractivity contribution is 7.18. The summed E-state index contributed by atoms with van der Waals surface area (Å²) in [6, 6.07) is 13.6. The second-order valence-electron chi connectivity index (χ2n) is 5.13. The third-order valence-corrected chi connectivity index (χ3v) is 4.71. The van der Waals surface area contributed by atoms with Gasteiger partial charge in [-0.2, -0.15) is 0 Å². The molecular formula is C17H17FN2S. The summed E-state index contributed by atoms with van der Waals surface area (Å²) in [6.45, 7) is 1.79. The van der Waals surface area contributed by atoms with Crippen molar-refractivity contribution < 1.29 is 4.39 Å². The molecule has 4 heteroatoms. The minimum atomic E-state index is -0.159. The van der Waals surface area contributed by atoms with Crippen molar-refractivity contribution in [2.45, 2.75) is 19.4 Å². The van der Waals surface area contributed by atoms with E-state index >= 15 is 0 Å². The van der Waals surface area contributed by atoms with Crippen LogP contribution in [-0.4, -0.2) is 12.0 Å². The average Bonchev–Trinajstić information content (AvgIpc) is 2.90. The van der Waals surface area contributed by atoms with Crippen LogP contribution < -0.4 is 5.32 Å². The lowest BCUT2D eigenvalue weighted by Crippen LogP contribution is -2.19. The van der Waals surface area contributed by atoms with Gasteiger partial charge in [-0.05, 0) is 43.3 Å². The number of hydrogen-bond acceptors (Lipinski definition) is 3. The van der Waals surface area contributed by atoms with Crippen LogP contribution in [0.2, 0.25) is 0 Å². The SMILES string of the molecule is CNC(Cc1nc2ccccc2s1)c1ccc(F)c(C)c1. The van der Waals surface area contributed by atoms with Gasteiger partial charge in [0.1, 0.15) is 5.82 Å². The first-order valence-corrected chi connectivity index (χ1v) is 7.77. The molecule has 0 amide bonds. The van der Waals surface area contributed by atoms with E-state index in [1.165, 1.54) is 10.8 Å². The van der Waals surface area contributed by atoms with Crippen LogP contribution >= 0.6 is 11.3 Å². The van der Waals surface area contributed by atoms with Crippen LogP contribution in [0.3, 0.4) is 0 Å². The number of aryl methyl sites for hydroxylation is 1. The van der Waals surface area contributed by atoms with Crippen LogP contribution in [0.1, 0.15) is 22.2 Å². The Morgan fingerprint density at radius 3 is 2.76 bits per heavy atom. The molecule has 3 aromatic rings. The van der Waals surface area contributed by atoms with Crippen molar-refractivity contribution in [3.8, 4) is 0 Å². The number of halogens is 1. The van der Waals surface area contributed by atoms with Crippen molar-refractivity contribution in [2.75, 3.05) is 7.05 Å². The zero-order chi connectivity index (χ0) is 14.8. The van der Waals surface area contributed by atoms with Crippen LogP contribution in [0.4, 0.5) is 4.39 Å². The number of aromatic nitrogens is 1. The smallest absolute Gasteiger partial charge is 0.126 e. The second-order valence-corrected chi connectivity index (χ2v) is 6.24. The Bertz CT molecular complexity index is 733. The van der Waals surface area contributed by atoms with Gasteiger partial charge >= 0.3 is 0 Å². The Balaban J connectivity index is 1.88. The normalized spacial score (nSPS) is 12.7. The average molecular weight is 300 g/mol. The molecule has 1 heterocycles. The summed E-state index contributed by atoms with van der Waals surface area (Å²) >= 11 is 1.72. The Kier molecular flexibility index (Phi) is 3.99. The molecule has 0 saturated heterocycles. The van der Waals surface area contributed by atoms with Crippen LogP contribution in [0, 0.1) is 12.7 Å². The Labute approximate surface area is 127 Å². The van der Waals surface area contributed by atoms with Gasteiger partial charge in [0.15, 0.2) is 0 Å². The second kappa shape index (κ2) is 5.92. The number of fused-ring (bicyclic) bond motifs is 1. The van der Waals surface area contributed by atoms with Gasteiger partial charge in [0, 0.05) is 12.5 Å². The van der Waals surface area contributed by atoms with E-state index in [0.717, 1.165) is 22.5 Å². The van der Waals surface area contributed by atoms with Crippen molar-refractivity contribution in [3.05, 3.63) is 64.4 Å². The molecular weight excluding hydrogens is 283 g/mol. The summed E-state index contributed by atoms with van der Waals surface area (Å²) in [6.07, 6.45) is 0.806. The molecule has 0 fully saturated rings. The number of rotatable bonds is 4. The van der Waals surface area contributed by atoms with Crippen molar-refractivity contribution in [1.29, 1.82) is 0 Å². The number of likely N-dealkylation sites (N-methyl/N-ethyl adjacent to an activating group) is 1. The molecule has 0 saturated carbocycles. The van der Waals surface area contributed by atoms with Crippen molar-refractivity contribution in [3.63, 3.8) is 0 Å². The van der Waals surface area contributed by atoms with Gasteiger partial charge in [-0.1, -0.05) is 24.3 Å². The summed E-state index contributed by atoms with van der Waals surface area (Å²) < 4.78 is 14.6. The highest BCUT2D eigenvalue weighted by Crippen LogP contribution is 2.26. The maximum atomic E-state index is 13.4. The molecule has 0 radical (unpaired) electrons. The molecule has 0 aliphatic carbocycles. The first-order chi connectivity index (χ1) is 10.2. The number of nitrogens with zero attached hydrogens (tertiary/aromatic N) is 1. The van der Waals surface area contributed by atoms with Gasteiger partial charge in [0.25, 0.3) is 0 Å². The highest BCUT2D eigenvalue weighted by Gasteiger charge is 2.14. The fourth-order valence-corrected chi connectivity index (χ4v) is 3.47. The third kappa shape index (κ3) is 2.96. The molecule has 3 rings (SSSR count). The lowest BCUT2D eigenvalue weighted by atomic mass is 10.0. The van der Waals surface area contributed by atoms with E-state index in [-0.39, 0.29) is 11.9 Å². The maximum Gasteiger partial charge on any atom is 0.126 e. The molecule has 2 nitrogen and oxygen atoms in total. The van der Waals surface area contributed by atoms with Crippen molar-refractivity contribution >= 4 is 21.6 Å². The molecule has 2 aromatic carbocycles. The fraction of sp³-hybridized carbons (Fsp3) is 0.235. The third-order valence-electron chi connectivity index (χ3n) is 3.65. The number of thiazole rings is 1. The van der Waals surface area contributed by atoms with Gasteiger partial charge in [0.2, 0.25) is 0 Å². The van der Waals surface area contributed by atoms with E-state index in [1.807, 2.05) is 37.4 Å². The molecule has 1 aromatic heterocycles. The first kappa shape index (κ1) is 14.2. The molecule has 0 spiro atoms. The van der Waals surface area contributed by atoms with Gasteiger partial charge < -0.3 is 5.32 Å². The molecule has 0 aliphatic heterocycles. The predicted molar refractivity (Wildman–Crippen MR) is 86.3 cm³/mol. The molecule has 1 N–H and O–H groups in total. The van der Waals surface area contributed by atoms with Crippen molar-refractivity contribution in [2.24, 2.45) is 0 Å². The van der Waals surface area contributed by atoms with Gasteiger partial charge in [-0.25, -0.2) is 9.37 Å². The summed E-state index contributed by atoms with van der Waals surface area (Å²) in [5.41, 5.74) is 2.82. The zero-order valence-electron chi connectivity index (χ0n) is 12.1. The Morgan fingerprint density at radius 1 is 1.24 bits per heavy atom. The molecule has 21 heavy (non-hydrogen) atoms. The van der Waals surface area contributed by atoms with Crippen LogP contribution in [0.25, 0.3) is 10.2 Å². The summed E-state index contributed by atoms with van der Waals surface area (Å²) in [7, 11) is 1.93. The van der Waals surface area contributed by atoms with E-state index in [2.05, 4.69) is 16.4 Å². The van der Waals surface area contributed by atoms with Crippen LogP contribution in [0.5, 0.6) is 0 Å². The maximum absolute atomic E-state index is 13.4. The van der Waals surface area contributed by atoms with E-state index in [0.29, 0.717) is 5.56 Å². The number of benzene rings is 2. The van der Waals surface area contributed by atoms with E-state index in [9.17, 15) is 4.39 Å². The zero-order valence-corrected chi connectivity index (χ0v) is 12.9. The quantitative estimate of drug-likeness (QED) is 0.779. The minimum Gasteiger partial charge on any atom is -0.313 e. The molecule has 0 aliphatic rings. The standard InChI is InChI=1S/C17H17FN2S/c1-11-9-12(7-8-13(11)18)15(19-2)10-17-20-14-5-3-4-6-16(14)21-17/h3-9,15,19H,10H2,1-2H3. The largest absolute Gasteiger partial charge is 0.313 e. The molecule has 108 valence electrons. The summed E-state index contributed by atoms with van der Waals surface area (Å²) in [5, 5.41) is 4.40. The fourth-order valence-electron chi connectivity index (χ4n) is 2.45. The van der Waals surface area contributed by atoms with Gasteiger partial charge in [0.05, 0.1) is 15.2 Å². The van der Waals surface area contributed by atoms with Crippen LogP contribution in [-0.2, 0) is 6.42 Å². The lowest BCUT2D eigenvalue weighted by molar-refractivity contribution is 0.582. The van der Waals surface area contributed by atoms with E-state index in [4.69, 9.17) is 0 Å². The summed E-state index contributed by atoms with van der Waals surface area (Å²) in [4.78, 5) is 4.67. The topological polar surface area (TPSA) is 24.9 Å². The van der Waals surface area contributed by atoms with Gasteiger partial charge in [-0.15, -0.1) is 11.3 Å². The number of hydrogen-bond donors (Lipinski definition) is 1. The lowest BCUT2D eigenvalue weighted by Gasteiger charge is -2.16. The minimum absolute atomic E-state index is 0.143. The molecule has 0 bridgehead atoms. The Morgan fingerprint density at radius 2 is 2.05 bits per heavy atom. The van der Waals surface area contributed by atoms with Gasteiger partial charge in [-0.3, -0.25) is 0 Å². The van der Waals surface area contributed by atoms with Crippen molar-refractivity contribution in [1.82, 2.24) is 10.3 Å². The number of nitrogens with one attached hydrogen (secondary N) is 1. The molecule has 1 unspecified atom stereocenters. The van der Waals surface area contributed by atoms with E-state index < -0.39 is 0 Å². The summed E-state index contributed by atoms with van der Waals surface area (Å²) in [5.74, 6) is -0.159. The highest BCUT2D eigenvalue weighted by atomic mass is 32.1. The molecule has 1 atom stereocenters. The number of para-hydroxylation sites is 1.